The number of hydrogen-bond acceptors (Lipinski definition) is 4. The van der Waals surface area contributed by atoms with Gasteiger partial charge in [-0.05, 0) is 23.7 Å². The molecule has 0 saturated carbocycles. The van der Waals surface area contributed by atoms with Crippen molar-refractivity contribution in [2.45, 2.75) is 79.6 Å². The zero-order valence-electron chi connectivity index (χ0n) is 17.6. The minimum absolute atomic E-state index is 0.0752. The number of carbonyl (C=O) groups excluding carboxylic acids is 2. The topological polar surface area (TPSA) is 55.8 Å². The van der Waals surface area contributed by atoms with E-state index in [2.05, 4.69) is 41.5 Å². The van der Waals surface area contributed by atoms with E-state index in [4.69, 9.17) is 9.57 Å². The highest BCUT2D eigenvalue weighted by molar-refractivity contribution is 5.84. The first-order chi connectivity index (χ1) is 12.4. The van der Waals surface area contributed by atoms with E-state index in [1.54, 1.807) is 12.1 Å². The summed E-state index contributed by atoms with van der Waals surface area (Å²) in [6.45, 7) is 13.9. The van der Waals surface area contributed by atoms with Crippen molar-refractivity contribution in [3.63, 3.8) is 0 Å². The van der Waals surface area contributed by atoms with E-state index in [-0.39, 0.29) is 28.9 Å². The predicted octanol–water partition coefficient (Wildman–Crippen LogP) is 4.67. The standard InChI is InChI=1S/C22H33NO4/c1-15(24)26-19(16-11-9-8-10-12-16)20(25)23-17(21(2,3)4)13-14-18(27-23)22(5,6)7/h8-12,17-19H,13-14H2,1-7H3/t17-,18+,19+/m0/s1. The number of esters is 1. The Morgan fingerprint density at radius 1 is 1.04 bits per heavy atom. The van der Waals surface area contributed by atoms with Gasteiger partial charge in [0.2, 0.25) is 6.10 Å². The third-order valence-corrected chi connectivity index (χ3v) is 5.02. The molecule has 1 aliphatic rings. The molecule has 5 nitrogen and oxygen atoms in total. The van der Waals surface area contributed by atoms with Gasteiger partial charge >= 0.3 is 5.97 Å². The second-order valence-electron chi connectivity index (χ2n) is 9.48. The summed E-state index contributed by atoms with van der Waals surface area (Å²) in [6, 6.07) is 9.02. The molecule has 1 fully saturated rings. The average Bonchev–Trinajstić information content (AvgIpc) is 2.57. The number of ether oxygens (including phenoxy) is 1. The van der Waals surface area contributed by atoms with Crippen LogP contribution in [0.3, 0.4) is 0 Å². The molecule has 1 heterocycles. The van der Waals surface area contributed by atoms with Crippen LogP contribution in [-0.4, -0.2) is 29.1 Å². The highest BCUT2D eigenvalue weighted by Gasteiger charge is 2.45. The van der Waals surface area contributed by atoms with Crippen molar-refractivity contribution in [2.24, 2.45) is 10.8 Å². The number of rotatable bonds is 3. The van der Waals surface area contributed by atoms with Gasteiger partial charge in [0, 0.05) is 12.5 Å². The molecule has 0 unspecified atom stereocenters. The Bertz CT molecular complexity index is 657. The number of benzene rings is 1. The molecule has 3 atom stereocenters. The van der Waals surface area contributed by atoms with E-state index in [9.17, 15) is 9.59 Å². The van der Waals surface area contributed by atoms with Crippen LogP contribution in [0.5, 0.6) is 0 Å². The molecule has 0 radical (unpaired) electrons. The van der Waals surface area contributed by atoms with Gasteiger partial charge in [-0.3, -0.25) is 14.4 Å². The second kappa shape index (κ2) is 8.01. The summed E-state index contributed by atoms with van der Waals surface area (Å²) in [5.74, 6) is -0.820. The molecule has 0 aromatic heterocycles. The predicted molar refractivity (Wildman–Crippen MR) is 105 cm³/mol. The highest BCUT2D eigenvalue weighted by Crippen LogP contribution is 2.39. The van der Waals surface area contributed by atoms with E-state index in [0.29, 0.717) is 5.56 Å². The largest absolute Gasteiger partial charge is 0.447 e. The number of nitrogens with zero attached hydrogens (tertiary/aromatic N) is 1. The van der Waals surface area contributed by atoms with Crippen molar-refractivity contribution < 1.29 is 19.2 Å². The maximum atomic E-state index is 13.5. The Labute approximate surface area is 163 Å². The van der Waals surface area contributed by atoms with E-state index in [1.165, 1.54) is 12.0 Å². The lowest BCUT2D eigenvalue weighted by Gasteiger charge is -2.48. The zero-order chi connectivity index (χ0) is 20.4. The van der Waals surface area contributed by atoms with Gasteiger partial charge in [0.05, 0.1) is 12.1 Å². The van der Waals surface area contributed by atoms with Gasteiger partial charge in [0.1, 0.15) is 0 Å². The molecule has 1 aliphatic heterocycles. The fourth-order valence-corrected chi connectivity index (χ4v) is 3.44. The van der Waals surface area contributed by atoms with Crippen molar-refractivity contribution in [3.8, 4) is 0 Å². The Morgan fingerprint density at radius 2 is 1.63 bits per heavy atom. The van der Waals surface area contributed by atoms with Crippen molar-refractivity contribution in [1.29, 1.82) is 0 Å². The first-order valence-corrected chi connectivity index (χ1v) is 9.63. The maximum Gasteiger partial charge on any atom is 0.303 e. The summed E-state index contributed by atoms with van der Waals surface area (Å²) >= 11 is 0. The monoisotopic (exact) mass is 375 g/mol. The Kier molecular flexibility index (Phi) is 6.35. The molecule has 27 heavy (non-hydrogen) atoms. The second-order valence-corrected chi connectivity index (χ2v) is 9.48. The summed E-state index contributed by atoms with van der Waals surface area (Å²) in [7, 11) is 0. The number of hydroxylamine groups is 2. The van der Waals surface area contributed by atoms with Gasteiger partial charge in [-0.25, -0.2) is 5.06 Å². The first kappa shape index (κ1) is 21.4. The summed E-state index contributed by atoms with van der Waals surface area (Å²) in [4.78, 5) is 31.4. The fraction of sp³-hybridized carbons (Fsp3) is 0.636. The highest BCUT2D eigenvalue weighted by atomic mass is 16.7. The van der Waals surface area contributed by atoms with Gasteiger partial charge in [-0.1, -0.05) is 71.9 Å². The molecule has 0 spiro atoms. The molecule has 1 aromatic rings. The quantitative estimate of drug-likeness (QED) is 0.720. The van der Waals surface area contributed by atoms with Crippen molar-refractivity contribution >= 4 is 11.9 Å². The van der Waals surface area contributed by atoms with Gasteiger partial charge in [0.15, 0.2) is 0 Å². The van der Waals surface area contributed by atoms with E-state index in [1.807, 2.05) is 18.2 Å². The van der Waals surface area contributed by atoms with Gasteiger partial charge in [0.25, 0.3) is 5.91 Å². The van der Waals surface area contributed by atoms with E-state index < -0.39 is 12.1 Å². The molecule has 2 rings (SSSR count). The van der Waals surface area contributed by atoms with E-state index >= 15 is 0 Å². The lowest BCUT2D eigenvalue weighted by atomic mass is 9.78. The molecule has 0 N–H and O–H groups in total. The lowest BCUT2D eigenvalue weighted by molar-refractivity contribution is -0.277. The first-order valence-electron chi connectivity index (χ1n) is 9.63. The lowest BCUT2D eigenvalue weighted by Crippen LogP contribution is -2.56. The molecule has 5 heteroatoms. The molecule has 1 amide bonds. The average molecular weight is 376 g/mol. The molecule has 0 aliphatic carbocycles. The molecule has 1 saturated heterocycles. The van der Waals surface area contributed by atoms with Crippen LogP contribution in [0.15, 0.2) is 30.3 Å². The molecular weight excluding hydrogens is 342 g/mol. The van der Waals surface area contributed by atoms with Gasteiger partial charge in [-0.2, -0.15) is 0 Å². The minimum Gasteiger partial charge on any atom is -0.447 e. The third kappa shape index (κ3) is 5.32. The summed E-state index contributed by atoms with van der Waals surface area (Å²) in [5, 5.41) is 1.49. The van der Waals surface area contributed by atoms with Gasteiger partial charge < -0.3 is 4.74 Å². The van der Waals surface area contributed by atoms with Crippen LogP contribution in [0.4, 0.5) is 0 Å². The van der Waals surface area contributed by atoms with Crippen LogP contribution >= 0.6 is 0 Å². The van der Waals surface area contributed by atoms with Gasteiger partial charge in [-0.15, -0.1) is 0 Å². The third-order valence-electron chi connectivity index (χ3n) is 5.02. The van der Waals surface area contributed by atoms with Crippen molar-refractivity contribution in [1.82, 2.24) is 5.06 Å². The van der Waals surface area contributed by atoms with Crippen molar-refractivity contribution in [3.05, 3.63) is 35.9 Å². The molecule has 1 aromatic carbocycles. The molecule has 0 bridgehead atoms. The Morgan fingerprint density at radius 3 is 2.11 bits per heavy atom. The minimum atomic E-state index is -1.01. The molecular formula is C22H33NO4. The van der Waals surface area contributed by atoms with Crippen LogP contribution in [0.1, 0.15) is 73.0 Å². The number of hydrogen-bond donors (Lipinski definition) is 0. The van der Waals surface area contributed by atoms with Crippen LogP contribution in [0, 0.1) is 10.8 Å². The number of amides is 1. The summed E-state index contributed by atoms with van der Waals surface area (Å²) in [6.07, 6.45) is 0.651. The SMILES string of the molecule is CC(=O)O[C@@H](C(=O)N1O[C@@H](C(C)(C)C)CC[C@H]1C(C)(C)C)c1ccccc1. The van der Waals surface area contributed by atoms with Crippen LogP contribution < -0.4 is 0 Å². The summed E-state index contributed by atoms with van der Waals surface area (Å²) in [5.41, 5.74) is 0.396. The number of carbonyl (C=O) groups is 2. The normalized spacial score (nSPS) is 22.3. The smallest absolute Gasteiger partial charge is 0.303 e. The van der Waals surface area contributed by atoms with Crippen LogP contribution in [0.25, 0.3) is 0 Å². The van der Waals surface area contributed by atoms with Crippen molar-refractivity contribution in [2.75, 3.05) is 0 Å². The molecule has 150 valence electrons. The fourth-order valence-electron chi connectivity index (χ4n) is 3.44. The Hall–Kier alpha value is -1.88. The Balaban J connectivity index is 2.39. The zero-order valence-corrected chi connectivity index (χ0v) is 17.6. The summed E-state index contributed by atoms with van der Waals surface area (Å²) < 4.78 is 5.42. The van der Waals surface area contributed by atoms with Crippen LogP contribution in [0.2, 0.25) is 0 Å². The van der Waals surface area contributed by atoms with Crippen LogP contribution in [-0.2, 0) is 19.2 Å². The van der Waals surface area contributed by atoms with E-state index in [0.717, 1.165) is 12.8 Å². The maximum absolute atomic E-state index is 13.5.